The SMILES string of the molecule is CC(OC(=O)C1=C(c2cn3cnc(S(C)(=O)=O)c3s2)[C@H](C)[C@@H]2[C@@H]([C@@H](C)O)C(=O)N12)OC(=O)c1ccccc1. The number of hydrogen-bond donors (Lipinski definition) is 1. The van der Waals surface area contributed by atoms with E-state index in [0.717, 1.165) is 17.6 Å². The molecule has 0 spiro atoms. The highest BCUT2D eigenvalue weighted by Gasteiger charge is 2.60. The zero-order chi connectivity index (χ0) is 27.5. The first-order valence-corrected chi connectivity index (χ1v) is 14.5. The van der Waals surface area contributed by atoms with Gasteiger partial charge in [-0.2, -0.15) is 0 Å². The van der Waals surface area contributed by atoms with E-state index >= 15 is 0 Å². The van der Waals surface area contributed by atoms with Crippen molar-refractivity contribution in [2.24, 2.45) is 11.8 Å². The van der Waals surface area contributed by atoms with Crippen molar-refractivity contribution in [3.05, 3.63) is 59.0 Å². The Kier molecular flexibility index (Phi) is 6.40. The largest absolute Gasteiger partial charge is 0.422 e. The number of carbonyl (C=O) groups is 3. The van der Waals surface area contributed by atoms with Gasteiger partial charge in [-0.25, -0.2) is 23.0 Å². The first-order valence-electron chi connectivity index (χ1n) is 11.8. The van der Waals surface area contributed by atoms with Crippen LogP contribution in [-0.4, -0.2) is 70.3 Å². The highest BCUT2D eigenvalue weighted by molar-refractivity contribution is 7.91. The monoisotopic (exact) mass is 559 g/mol. The van der Waals surface area contributed by atoms with E-state index in [1.807, 2.05) is 6.92 Å². The van der Waals surface area contributed by atoms with Gasteiger partial charge in [0.25, 0.3) is 0 Å². The molecule has 1 amide bonds. The Bertz CT molecular complexity index is 1590. The number of esters is 2. The molecule has 0 radical (unpaired) electrons. The van der Waals surface area contributed by atoms with Crippen LogP contribution < -0.4 is 0 Å². The van der Waals surface area contributed by atoms with Gasteiger partial charge in [-0.15, -0.1) is 11.3 Å². The lowest BCUT2D eigenvalue weighted by atomic mass is 9.77. The minimum atomic E-state index is -3.60. The van der Waals surface area contributed by atoms with Crippen LogP contribution in [-0.2, 0) is 28.9 Å². The summed E-state index contributed by atoms with van der Waals surface area (Å²) in [5.41, 5.74) is 0.740. The van der Waals surface area contributed by atoms with Crippen LogP contribution in [0.25, 0.3) is 10.4 Å². The maximum Gasteiger partial charge on any atom is 0.358 e. The van der Waals surface area contributed by atoms with Gasteiger partial charge in [-0.3, -0.25) is 9.20 Å². The maximum absolute atomic E-state index is 13.5. The molecule has 1 aromatic carbocycles. The Balaban J connectivity index is 1.51. The normalized spacial score (nSPS) is 22.7. The minimum absolute atomic E-state index is 0.0228. The Hall–Kier alpha value is -3.55. The number of sulfone groups is 1. The van der Waals surface area contributed by atoms with Crippen LogP contribution in [0, 0.1) is 11.8 Å². The Morgan fingerprint density at radius 3 is 2.42 bits per heavy atom. The predicted molar refractivity (Wildman–Crippen MR) is 135 cm³/mol. The first kappa shape index (κ1) is 26.1. The molecule has 0 bridgehead atoms. The third kappa shape index (κ3) is 4.20. The van der Waals surface area contributed by atoms with Crippen LogP contribution in [0.15, 0.2) is 53.6 Å². The van der Waals surface area contributed by atoms with Gasteiger partial charge in [0.2, 0.25) is 12.2 Å². The fourth-order valence-corrected chi connectivity index (χ4v) is 7.42. The standard InChI is InChI=1S/C25H25N3O8S2/c1-12-17(16-10-27-11-26-21(23(27)37-16)38(4,33)34)20(28-19(12)18(13(2)29)22(28)30)25(32)36-14(3)35-24(31)15-8-6-5-7-9-15/h5-14,18-19,29H,1-4H3/t12-,13+,14?,18+,19+/m0/s1. The molecule has 11 nitrogen and oxygen atoms in total. The lowest BCUT2D eigenvalue weighted by Crippen LogP contribution is -2.63. The van der Waals surface area contributed by atoms with Crippen LogP contribution in [0.5, 0.6) is 0 Å². The molecule has 0 saturated carbocycles. The fourth-order valence-electron chi connectivity index (χ4n) is 5.06. The average Bonchev–Trinajstić information content (AvgIpc) is 3.48. The number of rotatable bonds is 7. The van der Waals surface area contributed by atoms with Crippen molar-refractivity contribution < 1.29 is 37.4 Å². The number of benzene rings is 1. The first-order chi connectivity index (χ1) is 17.9. The zero-order valence-electron chi connectivity index (χ0n) is 20.9. The van der Waals surface area contributed by atoms with E-state index in [1.165, 1.54) is 25.1 Å². The summed E-state index contributed by atoms with van der Waals surface area (Å²) in [6, 6.07) is 7.73. The van der Waals surface area contributed by atoms with Gasteiger partial charge >= 0.3 is 11.9 Å². The molecule has 4 heterocycles. The van der Waals surface area contributed by atoms with E-state index in [-0.39, 0.29) is 22.2 Å². The van der Waals surface area contributed by atoms with Crippen molar-refractivity contribution in [1.82, 2.24) is 14.3 Å². The molecule has 13 heteroatoms. The molecular weight excluding hydrogens is 534 g/mol. The number of carbonyl (C=O) groups excluding carboxylic acids is 3. The number of aliphatic hydroxyl groups is 1. The molecule has 0 aliphatic carbocycles. The minimum Gasteiger partial charge on any atom is -0.422 e. The molecule has 5 rings (SSSR count). The number of aliphatic hydroxyl groups excluding tert-OH is 1. The number of thiazole rings is 1. The summed E-state index contributed by atoms with van der Waals surface area (Å²) in [6.45, 7) is 4.75. The lowest BCUT2D eigenvalue weighted by molar-refractivity contribution is -0.172. The Morgan fingerprint density at radius 1 is 1.13 bits per heavy atom. The van der Waals surface area contributed by atoms with Crippen molar-refractivity contribution >= 4 is 49.4 Å². The number of ether oxygens (including phenoxy) is 2. The molecule has 1 unspecified atom stereocenters. The molecule has 2 aliphatic heterocycles. The molecule has 1 fully saturated rings. The maximum atomic E-state index is 13.5. The summed E-state index contributed by atoms with van der Waals surface area (Å²) >= 11 is 1.12. The molecule has 2 aromatic heterocycles. The zero-order valence-corrected chi connectivity index (χ0v) is 22.5. The van der Waals surface area contributed by atoms with E-state index in [2.05, 4.69) is 4.98 Å². The van der Waals surface area contributed by atoms with Crippen LogP contribution in [0.3, 0.4) is 0 Å². The second kappa shape index (κ2) is 9.33. The Morgan fingerprint density at radius 2 is 1.79 bits per heavy atom. The topological polar surface area (TPSA) is 145 Å². The van der Waals surface area contributed by atoms with Gasteiger partial charge in [0.15, 0.2) is 14.9 Å². The molecule has 2 aliphatic rings. The Labute approximate surface area is 222 Å². The molecule has 1 N–H and O–H groups in total. The summed E-state index contributed by atoms with van der Waals surface area (Å²) in [4.78, 5) is 45.1. The molecule has 38 heavy (non-hydrogen) atoms. The van der Waals surface area contributed by atoms with Crippen molar-refractivity contribution in [2.75, 3.05) is 6.26 Å². The smallest absolute Gasteiger partial charge is 0.358 e. The number of fused-ring (bicyclic) bond motifs is 2. The number of β-lactam (4-membered cyclic amide) rings is 1. The van der Waals surface area contributed by atoms with Crippen molar-refractivity contribution in [3.63, 3.8) is 0 Å². The highest BCUT2D eigenvalue weighted by atomic mass is 32.2. The number of imidazole rings is 1. The summed E-state index contributed by atoms with van der Waals surface area (Å²) < 4.78 is 36.6. The van der Waals surface area contributed by atoms with Crippen LogP contribution in [0.4, 0.5) is 0 Å². The molecule has 1 saturated heterocycles. The molecule has 5 atom stereocenters. The van der Waals surface area contributed by atoms with E-state index in [0.29, 0.717) is 15.3 Å². The lowest BCUT2D eigenvalue weighted by Gasteiger charge is -2.46. The van der Waals surface area contributed by atoms with Gasteiger partial charge in [0.05, 0.1) is 28.5 Å². The molecule has 200 valence electrons. The van der Waals surface area contributed by atoms with Crippen LogP contribution in [0.2, 0.25) is 0 Å². The summed E-state index contributed by atoms with van der Waals surface area (Å²) in [7, 11) is -3.60. The third-order valence-electron chi connectivity index (χ3n) is 6.72. The van der Waals surface area contributed by atoms with Crippen LogP contribution in [0.1, 0.15) is 36.0 Å². The van der Waals surface area contributed by atoms with E-state index in [4.69, 9.17) is 9.47 Å². The van der Waals surface area contributed by atoms with Crippen molar-refractivity contribution in [2.45, 2.75) is 44.2 Å². The highest BCUT2D eigenvalue weighted by Crippen LogP contribution is 2.52. The molecule has 3 aromatic rings. The van der Waals surface area contributed by atoms with Crippen LogP contribution >= 0.6 is 11.3 Å². The summed E-state index contributed by atoms with van der Waals surface area (Å²) in [6.07, 6.45) is 1.88. The van der Waals surface area contributed by atoms with Gasteiger partial charge in [-0.05, 0) is 19.1 Å². The van der Waals surface area contributed by atoms with E-state index in [9.17, 15) is 27.9 Å². The summed E-state index contributed by atoms with van der Waals surface area (Å²) in [5.74, 6) is -3.07. The predicted octanol–water partition coefficient (Wildman–Crippen LogP) is 2.11. The fraction of sp³-hybridized carbons (Fsp3) is 0.360. The second-order valence-electron chi connectivity index (χ2n) is 9.39. The van der Waals surface area contributed by atoms with E-state index in [1.54, 1.807) is 40.9 Å². The van der Waals surface area contributed by atoms with Gasteiger partial charge < -0.3 is 19.5 Å². The van der Waals surface area contributed by atoms with E-state index < -0.39 is 52.0 Å². The number of nitrogens with zero attached hydrogens (tertiary/aromatic N) is 3. The molecular formula is C25H25N3O8S2. The summed E-state index contributed by atoms with van der Waals surface area (Å²) in [5, 5.41) is 10.1. The quantitative estimate of drug-likeness (QED) is 0.261. The van der Waals surface area contributed by atoms with Crippen molar-refractivity contribution in [3.8, 4) is 0 Å². The number of amides is 1. The second-order valence-corrected chi connectivity index (χ2v) is 12.4. The van der Waals surface area contributed by atoms with Gasteiger partial charge in [-0.1, -0.05) is 25.1 Å². The average molecular weight is 560 g/mol. The third-order valence-corrected chi connectivity index (χ3v) is 8.99. The number of aromatic nitrogens is 2. The number of hydrogen-bond acceptors (Lipinski definition) is 10. The van der Waals surface area contributed by atoms with Gasteiger partial charge in [0.1, 0.15) is 16.9 Å². The van der Waals surface area contributed by atoms with Crippen molar-refractivity contribution in [1.29, 1.82) is 0 Å². The van der Waals surface area contributed by atoms with Gasteiger partial charge in [0, 0.05) is 30.9 Å².